The average Bonchev–Trinajstić information content (AvgIpc) is 2.66. The molecular weight excluding hydrogens is 311 g/mol. The van der Waals surface area contributed by atoms with Crippen molar-refractivity contribution in [3.8, 4) is 0 Å². The lowest BCUT2D eigenvalue weighted by Gasteiger charge is -2.26. The van der Waals surface area contributed by atoms with E-state index in [1.807, 2.05) is 24.5 Å². The van der Waals surface area contributed by atoms with Crippen molar-refractivity contribution in [2.45, 2.75) is 12.8 Å². The molecular formula is C22H21FN2. The highest BCUT2D eigenvalue weighted by Gasteiger charge is 2.13. The molecule has 3 heteroatoms. The first kappa shape index (κ1) is 16.0. The number of hydrogen-bond donors (Lipinski definition) is 0. The van der Waals surface area contributed by atoms with Gasteiger partial charge in [-0.05, 0) is 59.2 Å². The molecule has 25 heavy (non-hydrogen) atoms. The van der Waals surface area contributed by atoms with Crippen LogP contribution in [0.5, 0.6) is 0 Å². The predicted molar refractivity (Wildman–Crippen MR) is 101 cm³/mol. The van der Waals surface area contributed by atoms with Gasteiger partial charge in [-0.1, -0.05) is 30.3 Å². The van der Waals surface area contributed by atoms with Crippen molar-refractivity contribution in [2.24, 2.45) is 0 Å². The zero-order valence-electron chi connectivity index (χ0n) is 14.2. The van der Waals surface area contributed by atoms with Gasteiger partial charge in [0.1, 0.15) is 5.82 Å². The van der Waals surface area contributed by atoms with Crippen LogP contribution in [0.2, 0.25) is 0 Å². The number of benzene rings is 2. The average molecular weight is 332 g/mol. The third-order valence-electron chi connectivity index (χ3n) is 4.91. The number of nitrogens with zero attached hydrogens (tertiary/aromatic N) is 2. The van der Waals surface area contributed by atoms with Crippen molar-refractivity contribution in [1.29, 1.82) is 0 Å². The molecule has 0 aliphatic carbocycles. The number of hydrogen-bond acceptors (Lipinski definition) is 2. The zero-order valence-corrected chi connectivity index (χ0v) is 14.2. The number of pyridine rings is 1. The van der Waals surface area contributed by atoms with Gasteiger partial charge in [-0.25, -0.2) is 4.39 Å². The minimum absolute atomic E-state index is 0.161. The fraction of sp³-hybridized carbons (Fsp3) is 0.227. The molecule has 1 aromatic heterocycles. The second kappa shape index (κ2) is 7.16. The van der Waals surface area contributed by atoms with E-state index in [9.17, 15) is 4.39 Å². The minimum atomic E-state index is -0.161. The van der Waals surface area contributed by atoms with Crippen LogP contribution >= 0.6 is 0 Å². The van der Waals surface area contributed by atoms with E-state index >= 15 is 0 Å². The molecule has 2 nitrogen and oxygen atoms in total. The molecule has 0 atom stereocenters. The van der Waals surface area contributed by atoms with Crippen molar-refractivity contribution in [3.05, 3.63) is 83.9 Å². The second-order valence-electron chi connectivity index (χ2n) is 6.60. The third kappa shape index (κ3) is 3.77. The van der Waals surface area contributed by atoms with Crippen molar-refractivity contribution >= 4 is 16.3 Å². The first-order valence-corrected chi connectivity index (χ1v) is 8.78. The molecule has 2 aromatic carbocycles. The van der Waals surface area contributed by atoms with Crippen LogP contribution < -0.4 is 0 Å². The molecule has 0 bridgehead atoms. The standard InChI is InChI=1S/C22H21FN2/c23-22-3-1-2-20(15-22)19-8-12-25(13-9-19)11-7-17-4-5-18-6-10-24-16-21(18)14-17/h1-6,8,10,14-16H,7,9,11-13H2. The van der Waals surface area contributed by atoms with Gasteiger partial charge in [0.2, 0.25) is 0 Å². The summed E-state index contributed by atoms with van der Waals surface area (Å²) in [6.45, 7) is 3.00. The normalized spacial score (nSPS) is 15.3. The molecule has 0 saturated heterocycles. The van der Waals surface area contributed by atoms with Crippen LogP contribution in [0.25, 0.3) is 16.3 Å². The predicted octanol–water partition coefficient (Wildman–Crippen LogP) is 4.71. The number of rotatable bonds is 4. The lowest BCUT2D eigenvalue weighted by atomic mass is 9.99. The molecule has 1 aliphatic heterocycles. The fourth-order valence-corrected chi connectivity index (χ4v) is 3.44. The molecule has 0 fully saturated rings. The Hall–Kier alpha value is -2.52. The maximum absolute atomic E-state index is 13.4. The summed E-state index contributed by atoms with van der Waals surface area (Å²) in [4.78, 5) is 6.66. The molecule has 1 aliphatic rings. The van der Waals surface area contributed by atoms with Crippen molar-refractivity contribution in [1.82, 2.24) is 9.88 Å². The van der Waals surface area contributed by atoms with Gasteiger partial charge in [0.05, 0.1) is 0 Å². The van der Waals surface area contributed by atoms with E-state index < -0.39 is 0 Å². The van der Waals surface area contributed by atoms with E-state index in [1.54, 1.807) is 12.1 Å². The van der Waals surface area contributed by atoms with E-state index in [2.05, 4.69) is 34.2 Å². The molecule has 2 heterocycles. The summed E-state index contributed by atoms with van der Waals surface area (Å²) in [7, 11) is 0. The number of fused-ring (bicyclic) bond motifs is 1. The van der Waals surface area contributed by atoms with Gasteiger partial charge in [0.25, 0.3) is 0 Å². The highest BCUT2D eigenvalue weighted by Crippen LogP contribution is 2.23. The lowest BCUT2D eigenvalue weighted by Crippen LogP contribution is -2.30. The highest BCUT2D eigenvalue weighted by atomic mass is 19.1. The first-order chi connectivity index (χ1) is 12.3. The Kier molecular flexibility index (Phi) is 4.57. The van der Waals surface area contributed by atoms with Gasteiger partial charge < -0.3 is 0 Å². The van der Waals surface area contributed by atoms with Crippen LogP contribution in [0.3, 0.4) is 0 Å². The molecule has 0 radical (unpaired) electrons. The van der Waals surface area contributed by atoms with E-state index in [1.165, 1.54) is 28.0 Å². The molecule has 3 aromatic rings. The van der Waals surface area contributed by atoms with Crippen LogP contribution in [0.4, 0.5) is 4.39 Å². The van der Waals surface area contributed by atoms with Crippen LogP contribution in [0, 0.1) is 5.82 Å². The van der Waals surface area contributed by atoms with E-state index in [4.69, 9.17) is 0 Å². The van der Waals surface area contributed by atoms with Gasteiger partial charge >= 0.3 is 0 Å². The summed E-state index contributed by atoms with van der Waals surface area (Å²) in [5.74, 6) is -0.161. The third-order valence-corrected chi connectivity index (χ3v) is 4.91. The Morgan fingerprint density at radius 2 is 2.00 bits per heavy atom. The zero-order chi connectivity index (χ0) is 17.1. The van der Waals surface area contributed by atoms with E-state index in [0.717, 1.165) is 38.0 Å². The van der Waals surface area contributed by atoms with Gasteiger partial charge in [-0.3, -0.25) is 9.88 Å². The van der Waals surface area contributed by atoms with Crippen molar-refractivity contribution in [2.75, 3.05) is 19.6 Å². The Labute approximate surface area is 147 Å². The van der Waals surface area contributed by atoms with E-state index in [0.29, 0.717) is 0 Å². The Balaban J connectivity index is 1.38. The largest absolute Gasteiger partial charge is 0.299 e. The Morgan fingerprint density at radius 1 is 1.04 bits per heavy atom. The summed E-state index contributed by atoms with van der Waals surface area (Å²) >= 11 is 0. The quantitative estimate of drug-likeness (QED) is 0.688. The van der Waals surface area contributed by atoms with Gasteiger partial charge in [0, 0.05) is 37.4 Å². The second-order valence-corrected chi connectivity index (χ2v) is 6.60. The van der Waals surface area contributed by atoms with Crippen LogP contribution in [-0.4, -0.2) is 29.5 Å². The number of halogens is 1. The van der Waals surface area contributed by atoms with Crippen molar-refractivity contribution < 1.29 is 4.39 Å². The fourth-order valence-electron chi connectivity index (χ4n) is 3.44. The number of aromatic nitrogens is 1. The summed E-state index contributed by atoms with van der Waals surface area (Å²) in [5, 5.41) is 2.44. The van der Waals surface area contributed by atoms with Gasteiger partial charge in [-0.2, -0.15) is 0 Å². The van der Waals surface area contributed by atoms with Crippen LogP contribution in [0.15, 0.2) is 67.0 Å². The molecule has 0 amide bonds. The molecule has 4 rings (SSSR count). The lowest BCUT2D eigenvalue weighted by molar-refractivity contribution is 0.306. The summed E-state index contributed by atoms with van der Waals surface area (Å²) < 4.78 is 13.4. The molecule has 0 saturated carbocycles. The van der Waals surface area contributed by atoms with E-state index in [-0.39, 0.29) is 5.82 Å². The smallest absolute Gasteiger partial charge is 0.123 e. The van der Waals surface area contributed by atoms with Gasteiger partial charge in [0.15, 0.2) is 0 Å². The molecule has 0 N–H and O–H groups in total. The Bertz CT molecular complexity index is 917. The van der Waals surface area contributed by atoms with Gasteiger partial charge in [-0.15, -0.1) is 0 Å². The Morgan fingerprint density at radius 3 is 2.84 bits per heavy atom. The topological polar surface area (TPSA) is 16.1 Å². The highest BCUT2D eigenvalue weighted by molar-refractivity contribution is 5.82. The molecule has 0 unspecified atom stereocenters. The van der Waals surface area contributed by atoms with Crippen LogP contribution in [-0.2, 0) is 6.42 Å². The summed E-state index contributed by atoms with van der Waals surface area (Å²) in [6, 6.07) is 15.6. The summed E-state index contributed by atoms with van der Waals surface area (Å²) in [5.41, 5.74) is 3.62. The minimum Gasteiger partial charge on any atom is -0.299 e. The molecule has 126 valence electrons. The maximum Gasteiger partial charge on any atom is 0.123 e. The first-order valence-electron chi connectivity index (χ1n) is 8.78. The molecule has 0 spiro atoms. The maximum atomic E-state index is 13.4. The monoisotopic (exact) mass is 332 g/mol. The SMILES string of the molecule is Fc1cccc(C2=CCN(CCc3ccc4ccncc4c3)CC2)c1. The van der Waals surface area contributed by atoms with Crippen molar-refractivity contribution in [3.63, 3.8) is 0 Å². The summed E-state index contributed by atoms with van der Waals surface area (Å²) in [6.07, 6.45) is 8.01. The van der Waals surface area contributed by atoms with Crippen LogP contribution in [0.1, 0.15) is 17.5 Å².